The standard InChI is InChI=1S/C9H19NO3/c1-3-11-6-7-13-9-8-12-5-4-10-2/h3,10H,1,4-9H2,2H3. The van der Waals surface area contributed by atoms with E-state index in [-0.39, 0.29) is 0 Å². The number of nitrogens with one attached hydrogen (secondary N) is 1. The van der Waals surface area contributed by atoms with Crippen molar-refractivity contribution < 1.29 is 14.2 Å². The van der Waals surface area contributed by atoms with E-state index in [0.29, 0.717) is 26.4 Å². The molecule has 0 aliphatic rings. The van der Waals surface area contributed by atoms with Crippen LogP contribution in [0.3, 0.4) is 0 Å². The number of rotatable bonds is 10. The van der Waals surface area contributed by atoms with Gasteiger partial charge in [-0.3, -0.25) is 0 Å². The maximum absolute atomic E-state index is 5.23. The molecule has 0 aliphatic carbocycles. The molecule has 0 aromatic rings. The van der Waals surface area contributed by atoms with E-state index >= 15 is 0 Å². The first kappa shape index (κ1) is 12.4. The Morgan fingerprint density at radius 2 is 1.69 bits per heavy atom. The van der Waals surface area contributed by atoms with E-state index in [1.54, 1.807) is 0 Å². The molecular weight excluding hydrogens is 170 g/mol. The van der Waals surface area contributed by atoms with Gasteiger partial charge in [0, 0.05) is 6.54 Å². The van der Waals surface area contributed by atoms with Crippen LogP contribution >= 0.6 is 0 Å². The first-order valence-electron chi connectivity index (χ1n) is 4.44. The first-order valence-corrected chi connectivity index (χ1v) is 4.44. The molecule has 0 aromatic heterocycles. The van der Waals surface area contributed by atoms with Crippen molar-refractivity contribution in [1.29, 1.82) is 0 Å². The van der Waals surface area contributed by atoms with E-state index in [1.807, 2.05) is 7.05 Å². The molecule has 0 saturated carbocycles. The topological polar surface area (TPSA) is 39.7 Å². The number of likely N-dealkylation sites (N-methyl/N-ethyl adjacent to an activating group) is 1. The molecule has 0 radical (unpaired) electrons. The van der Waals surface area contributed by atoms with Gasteiger partial charge in [0.1, 0.15) is 6.61 Å². The fourth-order valence-corrected chi connectivity index (χ4v) is 0.687. The third-order valence-corrected chi connectivity index (χ3v) is 1.33. The van der Waals surface area contributed by atoms with Crippen LogP contribution < -0.4 is 5.32 Å². The molecule has 78 valence electrons. The third kappa shape index (κ3) is 11.4. The predicted molar refractivity (Wildman–Crippen MR) is 51.7 cm³/mol. The monoisotopic (exact) mass is 189 g/mol. The summed E-state index contributed by atoms with van der Waals surface area (Å²) >= 11 is 0. The molecule has 4 heteroatoms. The number of hydrogen-bond acceptors (Lipinski definition) is 4. The summed E-state index contributed by atoms with van der Waals surface area (Å²) in [6.07, 6.45) is 1.41. The molecule has 0 fully saturated rings. The lowest BCUT2D eigenvalue weighted by molar-refractivity contribution is 0.0318. The summed E-state index contributed by atoms with van der Waals surface area (Å²) in [4.78, 5) is 0. The van der Waals surface area contributed by atoms with Gasteiger partial charge in [0.2, 0.25) is 0 Å². The van der Waals surface area contributed by atoms with Crippen molar-refractivity contribution >= 4 is 0 Å². The Balaban J connectivity index is 2.79. The Hall–Kier alpha value is -0.580. The largest absolute Gasteiger partial charge is 0.499 e. The zero-order chi connectivity index (χ0) is 9.78. The molecule has 1 N–H and O–H groups in total. The van der Waals surface area contributed by atoms with Crippen LogP contribution in [0.2, 0.25) is 0 Å². The Morgan fingerprint density at radius 3 is 2.31 bits per heavy atom. The van der Waals surface area contributed by atoms with Crippen molar-refractivity contribution in [2.24, 2.45) is 0 Å². The van der Waals surface area contributed by atoms with Crippen LogP contribution in [0.4, 0.5) is 0 Å². The minimum Gasteiger partial charge on any atom is -0.499 e. The van der Waals surface area contributed by atoms with Gasteiger partial charge >= 0.3 is 0 Å². The van der Waals surface area contributed by atoms with Gasteiger partial charge < -0.3 is 19.5 Å². The second-order valence-corrected chi connectivity index (χ2v) is 2.37. The predicted octanol–water partition coefficient (Wildman–Crippen LogP) is 0.399. The molecule has 0 aromatic carbocycles. The highest BCUT2D eigenvalue weighted by molar-refractivity contribution is 4.47. The van der Waals surface area contributed by atoms with Gasteiger partial charge in [-0.25, -0.2) is 0 Å². The molecule has 13 heavy (non-hydrogen) atoms. The summed E-state index contributed by atoms with van der Waals surface area (Å²) in [5, 5.41) is 2.99. The highest BCUT2D eigenvalue weighted by atomic mass is 16.5. The van der Waals surface area contributed by atoms with E-state index in [9.17, 15) is 0 Å². The van der Waals surface area contributed by atoms with Gasteiger partial charge in [-0.05, 0) is 7.05 Å². The van der Waals surface area contributed by atoms with Crippen LogP contribution in [-0.2, 0) is 14.2 Å². The quantitative estimate of drug-likeness (QED) is 0.399. The summed E-state index contributed by atoms with van der Waals surface area (Å²) in [6.45, 7) is 7.41. The zero-order valence-corrected chi connectivity index (χ0v) is 8.25. The van der Waals surface area contributed by atoms with Crippen molar-refractivity contribution in [3.8, 4) is 0 Å². The average Bonchev–Trinajstić information content (AvgIpc) is 2.16. The Bertz CT molecular complexity index is 109. The fraction of sp³-hybridized carbons (Fsp3) is 0.778. The Kier molecular flexibility index (Phi) is 10.9. The summed E-state index contributed by atoms with van der Waals surface area (Å²) in [6, 6.07) is 0. The molecule has 4 nitrogen and oxygen atoms in total. The van der Waals surface area contributed by atoms with E-state index in [2.05, 4.69) is 11.9 Å². The van der Waals surface area contributed by atoms with Gasteiger partial charge in [-0.15, -0.1) is 0 Å². The second-order valence-electron chi connectivity index (χ2n) is 2.37. The Labute approximate surface area is 79.9 Å². The average molecular weight is 189 g/mol. The summed E-state index contributed by atoms with van der Waals surface area (Å²) in [5.74, 6) is 0. The van der Waals surface area contributed by atoms with E-state index in [1.165, 1.54) is 6.26 Å². The molecule has 0 heterocycles. The van der Waals surface area contributed by atoms with Crippen LogP contribution in [0, 0.1) is 0 Å². The van der Waals surface area contributed by atoms with Crippen molar-refractivity contribution in [3.63, 3.8) is 0 Å². The number of ether oxygens (including phenoxy) is 3. The van der Waals surface area contributed by atoms with Crippen molar-refractivity contribution in [2.45, 2.75) is 0 Å². The van der Waals surface area contributed by atoms with E-state index < -0.39 is 0 Å². The maximum Gasteiger partial charge on any atom is 0.111 e. The molecule has 0 saturated heterocycles. The van der Waals surface area contributed by atoms with Gasteiger partial charge in [0.15, 0.2) is 0 Å². The van der Waals surface area contributed by atoms with E-state index in [0.717, 1.165) is 13.2 Å². The van der Waals surface area contributed by atoms with Crippen LogP contribution in [0.5, 0.6) is 0 Å². The molecule has 0 atom stereocenters. The van der Waals surface area contributed by atoms with Crippen LogP contribution in [0.15, 0.2) is 12.8 Å². The third-order valence-electron chi connectivity index (χ3n) is 1.33. The minimum absolute atomic E-state index is 0.556. The van der Waals surface area contributed by atoms with Gasteiger partial charge in [0.05, 0.1) is 32.7 Å². The normalized spacial score (nSPS) is 9.92. The van der Waals surface area contributed by atoms with Gasteiger partial charge in [-0.1, -0.05) is 6.58 Å². The SMILES string of the molecule is C=COCCOCCOCCNC. The smallest absolute Gasteiger partial charge is 0.111 e. The van der Waals surface area contributed by atoms with Gasteiger partial charge in [-0.2, -0.15) is 0 Å². The van der Waals surface area contributed by atoms with Crippen molar-refractivity contribution in [2.75, 3.05) is 46.6 Å². The molecule has 0 amide bonds. The zero-order valence-electron chi connectivity index (χ0n) is 8.25. The van der Waals surface area contributed by atoms with Crippen LogP contribution in [-0.4, -0.2) is 46.6 Å². The lowest BCUT2D eigenvalue weighted by Gasteiger charge is -2.05. The lowest BCUT2D eigenvalue weighted by Crippen LogP contribution is -2.16. The van der Waals surface area contributed by atoms with Crippen LogP contribution in [0.25, 0.3) is 0 Å². The van der Waals surface area contributed by atoms with Crippen molar-refractivity contribution in [1.82, 2.24) is 5.32 Å². The maximum atomic E-state index is 5.23. The molecule has 0 aliphatic heterocycles. The van der Waals surface area contributed by atoms with Crippen molar-refractivity contribution in [3.05, 3.63) is 12.8 Å². The second kappa shape index (κ2) is 11.4. The number of hydrogen-bond donors (Lipinski definition) is 1. The Morgan fingerprint density at radius 1 is 1.08 bits per heavy atom. The van der Waals surface area contributed by atoms with Gasteiger partial charge in [0.25, 0.3) is 0 Å². The highest BCUT2D eigenvalue weighted by Crippen LogP contribution is 1.80. The first-order chi connectivity index (χ1) is 6.41. The van der Waals surface area contributed by atoms with E-state index in [4.69, 9.17) is 14.2 Å². The molecule has 0 spiro atoms. The molecular formula is C9H19NO3. The summed E-state index contributed by atoms with van der Waals surface area (Å²) in [7, 11) is 1.90. The van der Waals surface area contributed by atoms with Crippen LogP contribution in [0.1, 0.15) is 0 Å². The summed E-state index contributed by atoms with van der Waals surface area (Å²) < 4.78 is 15.3. The lowest BCUT2D eigenvalue weighted by atomic mass is 10.7. The summed E-state index contributed by atoms with van der Waals surface area (Å²) in [5.41, 5.74) is 0. The molecule has 0 rings (SSSR count). The molecule has 0 unspecified atom stereocenters. The minimum atomic E-state index is 0.556. The molecule has 0 bridgehead atoms. The fourth-order valence-electron chi connectivity index (χ4n) is 0.687. The highest BCUT2D eigenvalue weighted by Gasteiger charge is 1.88.